The fourth-order valence-corrected chi connectivity index (χ4v) is 0.733. The van der Waals surface area contributed by atoms with Crippen LogP contribution in [-0.2, 0) is 4.74 Å². The van der Waals surface area contributed by atoms with Crippen LogP contribution in [0, 0.1) is 0 Å². The fraction of sp³-hybridized carbons (Fsp3) is 0.286. The summed E-state index contributed by atoms with van der Waals surface area (Å²) in [5, 5.41) is 4.66. The summed E-state index contributed by atoms with van der Waals surface area (Å²) in [6.07, 6.45) is 1.55. The van der Waals surface area contributed by atoms with Crippen LogP contribution in [0.1, 0.15) is 6.92 Å². The molecule has 0 amide bonds. The second kappa shape index (κ2) is 3.81. The molecule has 0 radical (unpaired) electrons. The average molecular weight is 183 g/mol. The van der Waals surface area contributed by atoms with E-state index in [-0.39, 0.29) is 5.84 Å². The van der Waals surface area contributed by atoms with Crippen LogP contribution in [0.2, 0.25) is 0 Å². The molecule has 0 bridgehead atoms. The van der Waals surface area contributed by atoms with Gasteiger partial charge in [0.1, 0.15) is 6.61 Å². The number of ether oxygens (including phenoxy) is 1. The lowest BCUT2D eigenvalue weighted by atomic mass is 10.4. The summed E-state index contributed by atoms with van der Waals surface area (Å²) in [5.41, 5.74) is 8.98. The van der Waals surface area contributed by atoms with Crippen LogP contribution in [0.5, 0.6) is 0 Å². The van der Waals surface area contributed by atoms with Gasteiger partial charge in [-0.2, -0.15) is 0 Å². The van der Waals surface area contributed by atoms with Gasteiger partial charge in [-0.15, -0.1) is 10.3 Å². The first kappa shape index (κ1) is 9.40. The predicted molar refractivity (Wildman–Crippen MR) is 49.6 cm³/mol. The minimum Gasteiger partial charge on any atom is -0.473 e. The third-order valence-electron chi connectivity index (χ3n) is 1.20. The minimum atomic E-state index is 0.290. The van der Waals surface area contributed by atoms with Crippen LogP contribution in [-0.4, -0.2) is 17.7 Å². The van der Waals surface area contributed by atoms with Gasteiger partial charge in [-0.05, 0) is 12.5 Å². The Balaban J connectivity index is 2.51. The standard InChI is InChI=1S/C7H13N5O/c1-5(2)4-13-7-3-6(8)10-12(9)11-7/h3,11H,1,4,9H2,2H3,(H2,8,10). The zero-order chi connectivity index (χ0) is 9.84. The smallest absolute Gasteiger partial charge is 0.212 e. The molecule has 0 aromatic heterocycles. The van der Waals surface area contributed by atoms with Gasteiger partial charge in [0.05, 0.1) is 0 Å². The number of amidine groups is 1. The van der Waals surface area contributed by atoms with Gasteiger partial charge in [0.25, 0.3) is 0 Å². The highest BCUT2D eigenvalue weighted by atomic mass is 16.5. The first-order valence-electron chi connectivity index (χ1n) is 3.72. The lowest BCUT2D eigenvalue weighted by Gasteiger charge is -2.21. The maximum absolute atomic E-state index is 5.43. The van der Waals surface area contributed by atoms with Crippen molar-refractivity contribution in [3.05, 3.63) is 24.1 Å². The summed E-state index contributed by atoms with van der Waals surface area (Å²) >= 11 is 0. The van der Waals surface area contributed by atoms with E-state index in [2.05, 4.69) is 17.1 Å². The lowest BCUT2D eigenvalue weighted by molar-refractivity contribution is 0.123. The molecule has 1 aliphatic heterocycles. The van der Waals surface area contributed by atoms with Gasteiger partial charge in [-0.3, -0.25) is 0 Å². The Morgan fingerprint density at radius 3 is 3.08 bits per heavy atom. The Morgan fingerprint density at radius 1 is 1.85 bits per heavy atom. The number of hydrogen-bond donors (Lipinski definition) is 3. The van der Waals surface area contributed by atoms with Crippen LogP contribution in [0.4, 0.5) is 0 Å². The van der Waals surface area contributed by atoms with Crippen molar-refractivity contribution in [2.45, 2.75) is 6.92 Å². The van der Waals surface area contributed by atoms with Crippen molar-refractivity contribution in [2.24, 2.45) is 16.7 Å². The molecule has 0 unspecified atom stereocenters. The number of hydrazone groups is 1. The summed E-state index contributed by atoms with van der Waals surface area (Å²) in [4.78, 5) is 0. The number of hydrogen-bond acceptors (Lipinski definition) is 6. The van der Waals surface area contributed by atoms with Gasteiger partial charge in [0.2, 0.25) is 5.88 Å². The van der Waals surface area contributed by atoms with Crippen LogP contribution in [0.3, 0.4) is 0 Å². The molecule has 0 spiro atoms. The Morgan fingerprint density at radius 2 is 2.54 bits per heavy atom. The van der Waals surface area contributed by atoms with Gasteiger partial charge >= 0.3 is 0 Å². The fourth-order valence-electron chi connectivity index (χ4n) is 0.733. The number of nitrogens with one attached hydrogen (secondary N) is 1. The van der Waals surface area contributed by atoms with Gasteiger partial charge in [-0.25, -0.2) is 11.3 Å². The largest absolute Gasteiger partial charge is 0.473 e. The summed E-state index contributed by atoms with van der Waals surface area (Å²) in [6, 6.07) is 0. The normalized spacial score (nSPS) is 15.7. The highest BCUT2D eigenvalue weighted by molar-refractivity contribution is 5.91. The van der Waals surface area contributed by atoms with E-state index in [4.69, 9.17) is 16.3 Å². The highest BCUT2D eigenvalue weighted by Crippen LogP contribution is 2.00. The molecule has 72 valence electrons. The molecule has 6 heteroatoms. The first-order valence-corrected chi connectivity index (χ1v) is 3.72. The average Bonchev–Trinajstić information content (AvgIpc) is 1.99. The SMILES string of the molecule is C=C(C)COC1=CC(N)=NN(N)N1. The molecule has 0 atom stereocenters. The van der Waals surface area contributed by atoms with Crippen LogP contribution >= 0.6 is 0 Å². The van der Waals surface area contributed by atoms with Crippen LogP contribution < -0.4 is 17.0 Å². The van der Waals surface area contributed by atoms with Crippen LogP contribution in [0.25, 0.3) is 0 Å². The lowest BCUT2D eigenvalue weighted by Crippen LogP contribution is -2.44. The molecule has 1 rings (SSSR count). The van der Waals surface area contributed by atoms with Crippen molar-refractivity contribution in [3.8, 4) is 0 Å². The van der Waals surface area contributed by atoms with Crippen molar-refractivity contribution < 1.29 is 4.74 Å². The molecule has 0 aromatic carbocycles. The molecule has 0 fully saturated rings. The zero-order valence-electron chi connectivity index (χ0n) is 7.45. The van der Waals surface area contributed by atoms with Crippen molar-refractivity contribution >= 4 is 5.84 Å². The molecule has 0 aliphatic carbocycles. The summed E-state index contributed by atoms with van der Waals surface area (Å²) in [6.45, 7) is 5.97. The quantitative estimate of drug-likeness (QED) is 0.401. The maximum Gasteiger partial charge on any atom is 0.212 e. The minimum absolute atomic E-state index is 0.290. The summed E-state index contributed by atoms with van der Waals surface area (Å²) < 4.78 is 5.25. The van der Waals surface area contributed by atoms with E-state index in [0.717, 1.165) is 10.8 Å². The zero-order valence-corrected chi connectivity index (χ0v) is 7.45. The van der Waals surface area contributed by atoms with Crippen molar-refractivity contribution in [3.63, 3.8) is 0 Å². The molecule has 0 saturated heterocycles. The van der Waals surface area contributed by atoms with E-state index < -0.39 is 0 Å². The molecular formula is C7H13N5O. The predicted octanol–water partition coefficient (Wildman–Crippen LogP) is -0.613. The number of hydrazine groups is 2. The number of nitrogens with two attached hydrogens (primary N) is 2. The van der Waals surface area contributed by atoms with Gasteiger partial charge < -0.3 is 10.5 Å². The molecule has 0 aromatic rings. The molecular weight excluding hydrogens is 170 g/mol. The number of rotatable bonds is 3. The molecule has 13 heavy (non-hydrogen) atoms. The highest BCUT2D eigenvalue weighted by Gasteiger charge is 2.08. The first-order chi connectivity index (χ1) is 6.08. The Bertz CT molecular complexity index is 270. The summed E-state index contributed by atoms with van der Waals surface area (Å²) in [5.74, 6) is 6.08. The van der Waals surface area contributed by atoms with E-state index in [1.165, 1.54) is 0 Å². The van der Waals surface area contributed by atoms with E-state index in [0.29, 0.717) is 12.5 Å². The van der Waals surface area contributed by atoms with Gasteiger partial charge in [0.15, 0.2) is 5.84 Å². The van der Waals surface area contributed by atoms with E-state index in [1.807, 2.05) is 6.92 Å². The Labute approximate surface area is 76.5 Å². The molecule has 6 nitrogen and oxygen atoms in total. The van der Waals surface area contributed by atoms with Crippen molar-refractivity contribution in [1.82, 2.24) is 10.7 Å². The van der Waals surface area contributed by atoms with E-state index in [1.54, 1.807) is 6.08 Å². The third-order valence-corrected chi connectivity index (χ3v) is 1.20. The molecule has 5 N–H and O–H groups in total. The monoisotopic (exact) mass is 183 g/mol. The molecule has 1 heterocycles. The van der Waals surface area contributed by atoms with E-state index in [9.17, 15) is 0 Å². The topological polar surface area (TPSA) is 88.9 Å². The second-order valence-corrected chi connectivity index (χ2v) is 2.74. The van der Waals surface area contributed by atoms with Crippen molar-refractivity contribution in [1.29, 1.82) is 0 Å². The number of nitrogens with zero attached hydrogens (tertiary/aromatic N) is 2. The van der Waals surface area contributed by atoms with Gasteiger partial charge in [-0.1, -0.05) is 6.58 Å². The van der Waals surface area contributed by atoms with E-state index >= 15 is 0 Å². The Hall–Kier alpha value is -1.69. The summed E-state index contributed by atoms with van der Waals surface area (Å²) in [7, 11) is 0. The maximum atomic E-state index is 5.43. The second-order valence-electron chi connectivity index (χ2n) is 2.74. The molecule has 1 aliphatic rings. The third kappa shape index (κ3) is 3.04. The Kier molecular flexibility index (Phi) is 2.76. The molecule has 0 saturated carbocycles. The van der Waals surface area contributed by atoms with Crippen molar-refractivity contribution in [2.75, 3.05) is 6.61 Å². The van der Waals surface area contributed by atoms with Crippen LogP contribution in [0.15, 0.2) is 29.2 Å². The van der Waals surface area contributed by atoms with Gasteiger partial charge in [0, 0.05) is 6.08 Å².